The summed E-state index contributed by atoms with van der Waals surface area (Å²) in [5, 5.41) is 11.5. The number of Topliss-reactive ketones (excluding diaryl/α,β-unsaturated/α-hetero) is 1. The van der Waals surface area contributed by atoms with Crippen molar-refractivity contribution in [3.63, 3.8) is 0 Å². The number of benzene rings is 2. The van der Waals surface area contributed by atoms with Gasteiger partial charge in [0.15, 0.2) is 5.78 Å². The van der Waals surface area contributed by atoms with Crippen molar-refractivity contribution in [2.45, 2.75) is 6.42 Å². The molecule has 0 spiro atoms. The van der Waals surface area contributed by atoms with Gasteiger partial charge in [-0.25, -0.2) is 9.78 Å². The lowest BCUT2D eigenvalue weighted by molar-refractivity contribution is 0.0697. The number of thiazole rings is 1. The van der Waals surface area contributed by atoms with E-state index in [-0.39, 0.29) is 17.8 Å². The highest BCUT2D eigenvalue weighted by atomic mass is 79.9. The smallest absolute Gasteiger partial charge is 0.337 e. The van der Waals surface area contributed by atoms with E-state index in [1.165, 1.54) is 22.7 Å². The van der Waals surface area contributed by atoms with Crippen molar-refractivity contribution in [3.05, 3.63) is 73.8 Å². The summed E-state index contributed by atoms with van der Waals surface area (Å²) in [6.45, 7) is 0. The van der Waals surface area contributed by atoms with Gasteiger partial charge in [-0.15, -0.1) is 22.7 Å². The van der Waals surface area contributed by atoms with Crippen molar-refractivity contribution in [2.24, 2.45) is 0 Å². The van der Waals surface area contributed by atoms with E-state index in [0.29, 0.717) is 16.0 Å². The predicted molar refractivity (Wildman–Crippen MR) is 112 cm³/mol. The first-order chi connectivity index (χ1) is 13.0. The summed E-state index contributed by atoms with van der Waals surface area (Å²) in [6.07, 6.45) is 0.0540. The highest BCUT2D eigenvalue weighted by Crippen LogP contribution is 2.33. The Morgan fingerprint density at radius 2 is 1.85 bits per heavy atom. The molecule has 2 heterocycles. The van der Waals surface area contributed by atoms with E-state index < -0.39 is 5.97 Å². The van der Waals surface area contributed by atoms with Crippen LogP contribution in [0.2, 0.25) is 0 Å². The van der Waals surface area contributed by atoms with Gasteiger partial charge in [0.2, 0.25) is 0 Å². The van der Waals surface area contributed by atoms with Crippen LogP contribution in [0, 0.1) is 0 Å². The van der Waals surface area contributed by atoms with Crippen molar-refractivity contribution in [3.8, 4) is 11.1 Å². The molecule has 0 saturated carbocycles. The lowest BCUT2D eigenvalue weighted by atomic mass is 10.00. The summed E-state index contributed by atoms with van der Waals surface area (Å²) in [4.78, 5) is 29.4. The molecule has 0 saturated heterocycles. The number of thiophene rings is 1. The first-order valence-corrected chi connectivity index (χ1v) is 10.5. The zero-order valence-corrected chi connectivity index (χ0v) is 17.0. The molecule has 0 aliphatic carbocycles. The molecule has 4 nitrogen and oxygen atoms in total. The molecule has 4 aromatic rings. The number of carboxylic acids is 1. The maximum Gasteiger partial charge on any atom is 0.337 e. The summed E-state index contributed by atoms with van der Waals surface area (Å²) < 4.78 is 1.94. The molecule has 0 bridgehead atoms. The van der Waals surface area contributed by atoms with Crippen LogP contribution in [0.1, 0.15) is 25.6 Å². The fourth-order valence-electron chi connectivity index (χ4n) is 2.88. The summed E-state index contributed by atoms with van der Waals surface area (Å²) in [6, 6.07) is 12.9. The first kappa shape index (κ1) is 18.0. The second kappa shape index (κ2) is 7.34. The summed E-state index contributed by atoms with van der Waals surface area (Å²) in [5.41, 5.74) is 4.72. The van der Waals surface area contributed by atoms with Gasteiger partial charge in [-0.2, -0.15) is 0 Å². The number of hydrogen-bond acceptors (Lipinski definition) is 5. The molecule has 1 N–H and O–H groups in total. The Balaban J connectivity index is 1.68. The van der Waals surface area contributed by atoms with E-state index in [9.17, 15) is 14.7 Å². The summed E-state index contributed by atoms with van der Waals surface area (Å²) in [5.74, 6) is -1.14. The maximum atomic E-state index is 12.7. The lowest BCUT2D eigenvalue weighted by Crippen LogP contribution is -2.07. The maximum absolute atomic E-state index is 12.7. The number of ketones is 1. The van der Waals surface area contributed by atoms with Crippen molar-refractivity contribution in [2.75, 3.05) is 0 Å². The number of carbonyl (C=O) groups excluding carboxylic acids is 1. The SMILES string of the molecule is O=C(Cc1scc(-c2ccc(Br)cc2)c1C(=O)O)c1ccc2scnc2c1. The zero-order chi connectivity index (χ0) is 19.0. The minimum absolute atomic E-state index is 0.0540. The van der Waals surface area contributed by atoms with Crippen LogP contribution in [-0.2, 0) is 6.42 Å². The fourth-order valence-corrected chi connectivity index (χ4v) is 4.85. The third kappa shape index (κ3) is 3.58. The van der Waals surface area contributed by atoms with Gasteiger partial charge in [0.25, 0.3) is 0 Å². The van der Waals surface area contributed by atoms with Gasteiger partial charge in [0, 0.05) is 26.9 Å². The van der Waals surface area contributed by atoms with E-state index in [1.807, 2.05) is 30.3 Å². The normalized spacial score (nSPS) is 11.0. The molecule has 0 atom stereocenters. The quantitative estimate of drug-likeness (QED) is 0.378. The highest BCUT2D eigenvalue weighted by Gasteiger charge is 2.22. The molecule has 7 heteroatoms. The van der Waals surface area contributed by atoms with Gasteiger partial charge in [0.1, 0.15) is 0 Å². The molecule has 134 valence electrons. The number of aromatic carboxylic acids is 1. The Kier molecular flexibility index (Phi) is 4.90. The van der Waals surface area contributed by atoms with E-state index in [2.05, 4.69) is 20.9 Å². The standard InChI is InChI=1S/C20H12BrNO3S2/c21-13-4-1-11(2-5-13)14-9-26-18(19(14)20(24)25)8-16(23)12-3-6-17-15(7-12)22-10-27-17/h1-7,9-10H,8H2,(H,24,25). The van der Waals surface area contributed by atoms with Crippen LogP contribution in [0.5, 0.6) is 0 Å². The average Bonchev–Trinajstić information content (AvgIpc) is 3.28. The van der Waals surface area contributed by atoms with Crippen molar-refractivity contribution < 1.29 is 14.7 Å². The molecule has 2 aromatic carbocycles. The molecular weight excluding hydrogens is 446 g/mol. The van der Waals surface area contributed by atoms with Gasteiger partial charge in [0.05, 0.1) is 21.3 Å². The molecule has 27 heavy (non-hydrogen) atoms. The van der Waals surface area contributed by atoms with Crippen molar-refractivity contribution in [1.29, 1.82) is 0 Å². The van der Waals surface area contributed by atoms with E-state index in [4.69, 9.17) is 0 Å². The summed E-state index contributed by atoms with van der Waals surface area (Å²) >= 11 is 6.20. The minimum Gasteiger partial charge on any atom is -0.478 e. The third-order valence-electron chi connectivity index (χ3n) is 4.21. The Hall–Kier alpha value is -2.35. The van der Waals surface area contributed by atoms with Gasteiger partial charge < -0.3 is 5.11 Å². The first-order valence-electron chi connectivity index (χ1n) is 7.99. The van der Waals surface area contributed by atoms with Crippen LogP contribution in [0.25, 0.3) is 21.3 Å². The van der Waals surface area contributed by atoms with Crippen LogP contribution in [0.3, 0.4) is 0 Å². The second-order valence-electron chi connectivity index (χ2n) is 5.89. The predicted octanol–water partition coefficient (Wildman–Crippen LogP) is 5.91. The summed E-state index contributed by atoms with van der Waals surface area (Å²) in [7, 11) is 0. The van der Waals surface area contributed by atoms with E-state index in [0.717, 1.165) is 20.3 Å². The molecule has 0 unspecified atom stereocenters. The molecular formula is C20H12BrNO3S2. The van der Waals surface area contributed by atoms with Gasteiger partial charge >= 0.3 is 5.97 Å². The highest BCUT2D eigenvalue weighted by molar-refractivity contribution is 9.10. The van der Waals surface area contributed by atoms with Gasteiger partial charge in [-0.3, -0.25) is 4.79 Å². The molecule has 4 rings (SSSR count). The molecule has 0 radical (unpaired) electrons. The monoisotopic (exact) mass is 457 g/mol. The molecule has 0 aliphatic heterocycles. The number of rotatable bonds is 5. The Morgan fingerprint density at radius 3 is 2.59 bits per heavy atom. The van der Waals surface area contributed by atoms with Gasteiger partial charge in [-0.1, -0.05) is 28.1 Å². The van der Waals surface area contributed by atoms with E-state index in [1.54, 1.807) is 23.0 Å². The van der Waals surface area contributed by atoms with Crippen molar-refractivity contribution >= 4 is 60.6 Å². The molecule has 2 aromatic heterocycles. The second-order valence-corrected chi connectivity index (χ2v) is 8.66. The number of nitrogens with zero attached hydrogens (tertiary/aromatic N) is 1. The van der Waals surface area contributed by atoms with Crippen LogP contribution in [0.15, 0.2) is 57.8 Å². The molecule has 0 fully saturated rings. The number of carboxylic acid groups (broad SMARTS) is 1. The van der Waals surface area contributed by atoms with Crippen LogP contribution in [-0.4, -0.2) is 21.8 Å². The van der Waals surface area contributed by atoms with E-state index >= 15 is 0 Å². The average molecular weight is 458 g/mol. The number of carbonyl (C=O) groups is 2. The van der Waals surface area contributed by atoms with Crippen molar-refractivity contribution in [1.82, 2.24) is 4.98 Å². The van der Waals surface area contributed by atoms with Crippen LogP contribution in [0.4, 0.5) is 0 Å². The topological polar surface area (TPSA) is 67.3 Å². The molecule has 0 amide bonds. The number of halogens is 1. The minimum atomic E-state index is -1.02. The van der Waals surface area contributed by atoms with Crippen LogP contribution < -0.4 is 0 Å². The zero-order valence-electron chi connectivity index (χ0n) is 13.8. The molecule has 0 aliphatic rings. The number of fused-ring (bicyclic) bond motifs is 1. The number of hydrogen-bond donors (Lipinski definition) is 1. The Labute approximate surface area is 171 Å². The largest absolute Gasteiger partial charge is 0.478 e. The Morgan fingerprint density at radius 1 is 1.07 bits per heavy atom. The van der Waals surface area contributed by atoms with Gasteiger partial charge in [-0.05, 0) is 41.3 Å². The lowest BCUT2D eigenvalue weighted by Gasteiger charge is -2.05. The number of aromatic nitrogens is 1. The fraction of sp³-hybridized carbons (Fsp3) is 0.0500. The Bertz CT molecular complexity index is 1160. The third-order valence-corrected chi connectivity index (χ3v) is 6.53. The van der Waals surface area contributed by atoms with Crippen LogP contribution >= 0.6 is 38.6 Å².